The van der Waals surface area contributed by atoms with Crippen molar-refractivity contribution in [3.63, 3.8) is 0 Å². The van der Waals surface area contributed by atoms with Gasteiger partial charge in [0.1, 0.15) is 11.6 Å². The molecule has 4 N–H and O–H groups in total. The number of aryl methyl sites for hydroxylation is 1. The van der Waals surface area contributed by atoms with Gasteiger partial charge >= 0.3 is 6.03 Å². The highest BCUT2D eigenvalue weighted by Crippen LogP contribution is 2.37. The first-order valence-corrected chi connectivity index (χ1v) is 9.43. The number of fused-ring (bicyclic) bond motifs is 1. The van der Waals surface area contributed by atoms with Crippen LogP contribution in [0.15, 0.2) is 41.3 Å². The van der Waals surface area contributed by atoms with Crippen molar-refractivity contribution in [2.24, 2.45) is 5.73 Å². The molecular weight excluding hydrogens is 369 g/mol. The fourth-order valence-corrected chi connectivity index (χ4v) is 4.01. The Morgan fingerprint density at radius 3 is 2.89 bits per heavy atom. The number of amides is 3. The predicted molar refractivity (Wildman–Crippen MR) is 103 cm³/mol. The number of nitrogens with two attached hydrogens (primary N) is 1. The normalized spacial score (nSPS) is 15.6. The van der Waals surface area contributed by atoms with Crippen molar-refractivity contribution in [2.45, 2.75) is 24.3 Å². The van der Waals surface area contributed by atoms with Gasteiger partial charge in [-0.25, -0.2) is 9.18 Å². The Hall–Kier alpha value is -2.74. The van der Waals surface area contributed by atoms with Crippen LogP contribution in [0.4, 0.5) is 14.9 Å². The third-order valence-corrected chi connectivity index (χ3v) is 5.32. The van der Waals surface area contributed by atoms with Gasteiger partial charge in [0.25, 0.3) is 5.91 Å². The molecule has 2 aromatic rings. The number of anilines is 1. The second-order valence-corrected chi connectivity index (χ2v) is 7.28. The van der Waals surface area contributed by atoms with Crippen molar-refractivity contribution in [3.05, 3.63) is 53.3 Å². The minimum Gasteiger partial charge on any atom is -0.484 e. The van der Waals surface area contributed by atoms with E-state index in [1.807, 2.05) is 13.0 Å². The highest BCUT2D eigenvalue weighted by atomic mass is 32.2. The lowest BCUT2D eigenvalue weighted by Crippen LogP contribution is -2.34. The van der Waals surface area contributed by atoms with Crippen LogP contribution in [0.2, 0.25) is 0 Å². The maximum absolute atomic E-state index is 13.9. The molecule has 1 heterocycles. The van der Waals surface area contributed by atoms with Gasteiger partial charge in [-0.1, -0.05) is 12.1 Å². The molecule has 1 aliphatic heterocycles. The molecule has 0 spiro atoms. The van der Waals surface area contributed by atoms with E-state index < -0.39 is 5.91 Å². The van der Waals surface area contributed by atoms with E-state index >= 15 is 0 Å². The van der Waals surface area contributed by atoms with E-state index in [9.17, 15) is 14.0 Å². The number of carbonyl (C=O) groups is 2. The van der Waals surface area contributed by atoms with E-state index in [-0.39, 0.29) is 24.5 Å². The first kappa shape index (κ1) is 19.0. The first-order chi connectivity index (χ1) is 12.9. The zero-order valence-corrected chi connectivity index (χ0v) is 15.6. The topological polar surface area (TPSA) is 93.4 Å². The van der Waals surface area contributed by atoms with E-state index in [2.05, 4.69) is 10.6 Å². The van der Waals surface area contributed by atoms with Gasteiger partial charge in [-0.3, -0.25) is 4.79 Å². The highest BCUT2D eigenvalue weighted by Gasteiger charge is 2.24. The third-order valence-electron chi connectivity index (χ3n) is 4.16. The molecule has 1 atom stereocenters. The van der Waals surface area contributed by atoms with Gasteiger partial charge in [0.05, 0.1) is 6.04 Å². The van der Waals surface area contributed by atoms with Gasteiger partial charge in [0.2, 0.25) is 0 Å². The maximum atomic E-state index is 13.9. The molecule has 6 nitrogen and oxygen atoms in total. The number of halogens is 1. The van der Waals surface area contributed by atoms with Gasteiger partial charge < -0.3 is 21.1 Å². The van der Waals surface area contributed by atoms with Crippen LogP contribution in [0.5, 0.6) is 5.75 Å². The molecule has 0 saturated carbocycles. The minimum absolute atomic E-state index is 0.206. The Bertz CT molecular complexity index is 875. The highest BCUT2D eigenvalue weighted by molar-refractivity contribution is 7.99. The summed E-state index contributed by atoms with van der Waals surface area (Å²) in [6.45, 7) is 1.61. The molecule has 8 heteroatoms. The SMILES string of the molecule is Cc1cc(OCC(N)=O)ccc1NC(=O)NC1CCSc2c(F)cccc21. The molecule has 0 saturated heterocycles. The zero-order valence-electron chi connectivity index (χ0n) is 14.8. The van der Waals surface area contributed by atoms with E-state index in [1.165, 1.54) is 17.8 Å². The summed E-state index contributed by atoms with van der Waals surface area (Å²) >= 11 is 1.47. The van der Waals surface area contributed by atoms with Crippen molar-refractivity contribution >= 4 is 29.4 Å². The van der Waals surface area contributed by atoms with Crippen LogP contribution in [0, 0.1) is 12.7 Å². The van der Waals surface area contributed by atoms with Crippen LogP contribution in [0.25, 0.3) is 0 Å². The Morgan fingerprint density at radius 1 is 1.33 bits per heavy atom. The number of benzene rings is 2. The summed E-state index contributed by atoms with van der Waals surface area (Å²) in [5.74, 6) is 0.415. The van der Waals surface area contributed by atoms with Crippen molar-refractivity contribution in [1.82, 2.24) is 5.32 Å². The number of thioether (sulfide) groups is 1. The van der Waals surface area contributed by atoms with E-state index in [0.717, 1.165) is 23.3 Å². The molecule has 0 aromatic heterocycles. The lowest BCUT2D eigenvalue weighted by molar-refractivity contribution is -0.119. The fourth-order valence-electron chi connectivity index (χ4n) is 2.87. The Morgan fingerprint density at radius 2 is 2.15 bits per heavy atom. The molecule has 0 fully saturated rings. The lowest BCUT2D eigenvalue weighted by atomic mass is 10.0. The van der Waals surface area contributed by atoms with Crippen LogP contribution in [-0.4, -0.2) is 24.3 Å². The van der Waals surface area contributed by atoms with Crippen LogP contribution < -0.4 is 21.1 Å². The summed E-state index contributed by atoms with van der Waals surface area (Å²) in [6.07, 6.45) is 0.730. The molecular formula is C19H20FN3O3S. The third kappa shape index (κ3) is 4.71. The van der Waals surface area contributed by atoms with Crippen molar-refractivity contribution in [1.29, 1.82) is 0 Å². The van der Waals surface area contributed by atoms with Crippen LogP contribution in [0.1, 0.15) is 23.6 Å². The summed E-state index contributed by atoms with van der Waals surface area (Å²) in [6, 6.07) is 9.36. The molecule has 2 aromatic carbocycles. The zero-order chi connectivity index (χ0) is 19.4. The monoisotopic (exact) mass is 389 g/mol. The molecule has 1 aliphatic rings. The number of ether oxygens (including phenoxy) is 1. The molecule has 0 aliphatic carbocycles. The first-order valence-electron chi connectivity index (χ1n) is 8.44. The van der Waals surface area contributed by atoms with Crippen molar-refractivity contribution in [3.8, 4) is 5.75 Å². The molecule has 27 heavy (non-hydrogen) atoms. The molecule has 1 unspecified atom stereocenters. The van der Waals surface area contributed by atoms with Crippen LogP contribution in [0.3, 0.4) is 0 Å². The summed E-state index contributed by atoms with van der Waals surface area (Å²) < 4.78 is 19.2. The molecule has 0 radical (unpaired) electrons. The lowest BCUT2D eigenvalue weighted by Gasteiger charge is -2.26. The number of hydrogen-bond donors (Lipinski definition) is 3. The second-order valence-electron chi connectivity index (χ2n) is 6.18. The summed E-state index contributed by atoms with van der Waals surface area (Å²) in [5, 5.41) is 5.71. The molecule has 3 amide bonds. The number of carbonyl (C=O) groups excluding carboxylic acids is 2. The Labute approximate surface area is 160 Å². The fraction of sp³-hybridized carbons (Fsp3) is 0.263. The quantitative estimate of drug-likeness (QED) is 0.731. The Balaban J connectivity index is 1.65. The van der Waals surface area contributed by atoms with Gasteiger partial charge in [-0.15, -0.1) is 11.8 Å². The van der Waals surface area contributed by atoms with Gasteiger partial charge in [-0.2, -0.15) is 0 Å². The average molecular weight is 389 g/mol. The van der Waals surface area contributed by atoms with E-state index in [4.69, 9.17) is 10.5 Å². The molecule has 3 rings (SSSR count). The predicted octanol–water partition coefficient (Wildman–Crippen LogP) is 3.36. The number of hydrogen-bond acceptors (Lipinski definition) is 4. The summed E-state index contributed by atoms with van der Waals surface area (Å²) in [4.78, 5) is 23.8. The molecule has 0 bridgehead atoms. The van der Waals surface area contributed by atoms with Crippen LogP contribution >= 0.6 is 11.8 Å². The van der Waals surface area contributed by atoms with E-state index in [1.54, 1.807) is 24.3 Å². The minimum atomic E-state index is -0.559. The van der Waals surface area contributed by atoms with Gasteiger partial charge in [0.15, 0.2) is 6.61 Å². The summed E-state index contributed by atoms with van der Waals surface area (Å²) in [5.41, 5.74) is 7.24. The smallest absolute Gasteiger partial charge is 0.319 e. The van der Waals surface area contributed by atoms with Crippen molar-refractivity contribution in [2.75, 3.05) is 17.7 Å². The van der Waals surface area contributed by atoms with Crippen molar-refractivity contribution < 1.29 is 18.7 Å². The standard InChI is InChI=1S/C19H20FN3O3S/c1-11-9-12(26-10-17(21)24)5-6-15(11)22-19(25)23-16-7-8-27-18-13(16)3-2-4-14(18)20/h2-6,9,16H,7-8,10H2,1H3,(H2,21,24)(H2,22,23,25). The largest absolute Gasteiger partial charge is 0.484 e. The number of rotatable bonds is 5. The van der Waals surface area contributed by atoms with E-state index in [0.29, 0.717) is 16.3 Å². The average Bonchev–Trinajstić information content (AvgIpc) is 2.63. The van der Waals surface area contributed by atoms with Crippen LogP contribution in [-0.2, 0) is 4.79 Å². The summed E-state index contributed by atoms with van der Waals surface area (Å²) in [7, 11) is 0. The van der Waals surface area contributed by atoms with Gasteiger partial charge in [0, 0.05) is 16.3 Å². The maximum Gasteiger partial charge on any atom is 0.319 e. The van der Waals surface area contributed by atoms with Gasteiger partial charge in [-0.05, 0) is 48.7 Å². The second kappa shape index (κ2) is 8.30. The Kier molecular flexibility index (Phi) is 5.85. The number of nitrogens with one attached hydrogen (secondary N) is 2. The molecule has 142 valence electrons. The number of primary amides is 1. The number of urea groups is 1.